The monoisotopic (exact) mass is 481 g/mol. The molecule has 0 radical (unpaired) electrons. The average Bonchev–Trinajstić information content (AvgIpc) is 3.19. The number of rotatable bonds is 6. The Labute approximate surface area is 186 Å². The van der Waals surface area contributed by atoms with Gasteiger partial charge in [-0.15, -0.1) is 0 Å². The minimum Gasteiger partial charge on any atom is -0.497 e. The smallest absolute Gasteiger partial charge is 0.339 e. The van der Waals surface area contributed by atoms with Gasteiger partial charge in [0.15, 0.2) is 0 Å². The van der Waals surface area contributed by atoms with E-state index in [9.17, 15) is 9.59 Å². The van der Waals surface area contributed by atoms with Crippen molar-refractivity contribution in [3.63, 3.8) is 0 Å². The molecule has 7 nitrogen and oxygen atoms in total. The third-order valence-electron chi connectivity index (χ3n) is 5.07. The number of ether oxygens (including phenoxy) is 1. The molecule has 0 aliphatic carbocycles. The number of amides is 1. The van der Waals surface area contributed by atoms with E-state index in [0.29, 0.717) is 22.6 Å². The van der Waals surface area contributed by atoms with Gasteiger partial charge in [0.05, 0.1) is 29.2 Å². The SMILES string of the molecule is COc1ccc2c(C)c(CCC(=O)Nc3ccccc3-n3cc(Br)cn3)c(=O)oc2c1. The molecule has 2 heterocycles. The highest BCUT2D eigenvalue weighted by Crippen LogP contribution is 2.25. The molecule has 0 unspecified atom stereocenters. The minimum absolute atomic E-state index is 0.143. The molecule has 0 fully saturated rings. The van der Waals surface area contributed by atoms with Crippen LogP contribution < -0.4 is 15.7 Å². The zero-order valence-electron chi connectivity index (χ0n) is 17.0. The van der Waals surface area contributed by atoms with E-state index in [4.69, 9.17) is 9.15 Å². The van der Waals surface area contributed by atoms with Gasteiger partial charge in [-0.25, -0.2) is 9.48 Å². The molecule has 0 atom stereocenters. The van der Waals surface area contributed by atoms with E-state index in [1.807, 2.05) is 49.5 Å². The fraction of sp³-hybridized carbons (Fsp3) is 0.174. The number of para-hydroxylation sites is 2. The van der Waals surface area contributed by atoms with E-state index >= 15 is 0 Å². The average molecular weight is 482 g/mol. The van der Waals surface area contributed by atoms with Crippen LogP contribution in [-0.2, 0) is 11.2 Å². The highest BCUT2D eigenvalue weighted by molar-refractivity contribution is 9.10. The zero-order chi connectivity index (χ0) is 22.0. The number of hydrogen-bond acceptors (Lipinski definition) is 5. The van der Waals surface area contributed by atoms with Gasteiger partial charge in [-0.2, -0.15) is 5.10 Å². The zero-order valence-corrected chi connectivity index (χ0v) is 18.6. The molecule has 8 heteroatoms. The van der Waals surface area contributed by atoms with Crippen molar-refractivity contribution >= 4 is 38.5 Å². The van der Waals surface area contributed by atoms with E-state index in [1.165, 1.54) is 0 Å². The molecule has 158 valence electrons. The van der Waals surface area contributed by atoms with Crippen LogP contribution in [-0.4, -0.2) is 22.8 Å². The second-order valence-corrected chi connectivity index (χ2v) is 7.94. The molecule has 0 spiro atoms. The molecule has 2 aromatic heterocycles. The van der Waals surface area contributed by atoms with Gasteiger partial charge in [0, 0.05) is 29.6 Å². The van der Waals surface area contributed by atoms with Gasteiger partial charge in [0.2, 0.25) is 5.91 Å². The summed E-state index contributed by atoms with van der Waals surface area (Å²) in [7, 11) is 1.56. The second kappa shape index (κ2) is 8.77. The lowest BCUT2D eigenvalue weighted by Gasteiger charge is -2.12. The molecule has 31 heavy (non-hydrogen) atoms. The van der Waals surface area contributed by atoms with Crippen molar-refractivity contribution in [2.24, 2.45) is 0 Å². The number of benzene rings is 2. The Kier molecular flexibility index (Phi) is 5.90. The summed E-state index contributed by atoms with van der Waals surface area (Å²) in [6.45, 7) is 1.86. The van der Waals surface area contributed by atoms with Crippen LogP contribution in [0.25, 0.3) is 16.7 Å². The van der Waals surface area contributed by atoms with Gasteiger partial charge >= 0.3 is 5.63 Å². The second-order valence-electron chi connectivity index (χ2n) is 7.02. The Morgan fingerprint density at radius 2 is 2.06 bits per heavy atom. The van der Waals surface area contributed by atoms with Crippen molar-refractivity contribution in [3.8, 4) is 11.4 Å². The summed E-state index contributed by atoms with van der Waals surface area (Å²) in [6.07, 6.45) is 3.90. The summed E-state index contributed by atoms with van der Waals surface area (Å²) in [5, 5.41) is 8.01. The normalized spacial score (nSPS) is 10.9. The number of anilines is 1. The Morgan fingerprint density at radius 1 is 1.26 bits per heavy atom. The van der Waals surface area contributed by atoms with Crippen molar-refractivity contribution in [2.75, 3.05) is 12.4 Å². The number of aryl methyl sites for hydroxylation is 1. The van der Waals surface area contributed by atoms with Crippen molar-refractivity contribution in [1.82, 2.24) is 9.78 Å². The standard InChI is InChI=1S/C23H20BrN3O4/c1-14-17-8-7-16(30-2)11-21(17)31-23(29)18(14)9-10-22(28)26-19-5-3-4-6-20(19)27-13-15(24)12-25-27/h3-8,11-13H,9-10H2,1-2H3,(H,26,28). The van der Waals surface area contributed by atoms with E-state index < -0.39 is 5.63 Å². The van der Waals surface area contributed by atoms with Gasteiger partial charge < -0.3 is 14.5 Å². The molecular formula is C23H20BrN3O4. The lowest BCUT2D eigenvalue weighted by molar-refractivity contribution is -0.116. The van der Waals surface area contributed by atoms with Gasteiger partial charge in [-0.05, 0) is 59.1 Å². The van der Waals surface area contributed by atoms with E-state index in [0.717, 1.165) is 21.1 Å². The number of methoxy groups -OCH3 is 1. The highest BCUT2D eigenvalue weighted by Gasteiger charge is 2.15. The fourth-order valence-corrected chi connectivity index (χ4v) is 3.74. The maximum Gasteiger partial charge on any atom is 0.339 e. The van der Waals surface area contributed by atoms with Crippen molar-refractivity contribution in [2.45, 2.75) is 19.8 Å². The van der Waals surface area contributed by atoms with Crippen LogP contribution in [0.1, 0.15) is 17.5 Å². The predicted octanol–water partition coefficient (Wildman–Crippen LogP) is 4.63. The summed E-state index contributed by atoms with van der Waals surface area (Å²) < 4.78 is 13.2. The first-order chi connectivity index (χ1) is 15.0. The van der Waals surface area contributed by atoms with Crippen LogP contribution in [0, 0.1) is 6.92 Å². The van der Waals surface area contributed by atoms with Crippen LogP contribution in [0.3, 0.4) is 0 Å². The Morgan fingerprint density at radius 3 is 2.81 bits per heavy atom. The fourth-order valence-electron chi connectivity index (χ4n) is 3.45. The third kappa shape index (κ3) is 4.39. The number of carbonyl (C=O) groups is 1. The molecule has 0 aliphatic heterocycles. The predicted molar refractivity (Wildman–Crippen MR) is 122 cm³/mol. The summed E-state index contributed by atoms with van der Waals surface area (Å²) in [4.78, 5) is 25.2. The number of halogens is 1. The highest BCUT2D eigenvalue weighted by atomic mass is 79.9. The van der Waals surface area contributed by atoms with Crippen LogP contribution in [0.2, 0.25) is 0 Å². The van der Waals surface area contributed by atoms with Crippen LogP contribution in [0.5, 0.6) is 5.75 Å². The van der Waals surface area contributed by atoms with Gasteiger partial charge in [0.25, 0.3) is 0 Å². The largest absolute Gasteiger partial charge is 0.497 e. The van der Waals surface area contributed by atoms with Crippen molar-refractivity contribution in [3.05, 3.63) is 80.9 Å². The first kappa shape index (κ1) is 20.9. The number of hydrogen-bond donors (Lipinski definition) is 1. The Bertz CT molecular complexity index is 1330. The number of nitrogens with one attached hydrogen (secondary N) is 1. The van der Waals surface area contributed by atoms with Gasteiger partial charge in [-0.3, -0.25) is 4.79 Å². The quantitative estimate of drug-likeness (QED) is 0.405. The molecular weight excluding hydrogens is 462 g/mol. The molecule has 1 amide bonds. The molecule has 0 bridgehead atoms. The topological polar surface area (TPSA) is 86.4 Å². The molecule has 2 aromatic carbocycles. The molecule has 4 rings (SSSR count). The minimum atomic E-state index is -0.437. The van der Waals surface area contributed by atoms with Crippen LogP contribution >= 0.6 is 15.9 Å². The lowest BCUT2D eigenvalue weighted by atomic mass is 10.0. The van der Waals surface area contributed by atoms with E-state index in [2.05, 4.69) is 26.3 Å². The summed E-state index contributed by atoms with van der Waals surface area (Å²) in [6, 6.07) is 12.8. The van der Waals surface area contributed by atoms with Crippen LogP contribution in [0.15, 0.2) is 68.5 Å². The van der Waals surface area contributed by atoms with Gasteiger partial charge in [0.1, 0.15) is 11.3 Å². The van der Waals surface area contributed by atoms with E-state index in [-0.39, 0.29) is 18.7 Å². The number of fused-ring (bicyclic) bond motifs is 1. The van der Waals surface area contributed by atoms with Crippen molar-refractivity contribution in [1.29, 1.82) is 0 Å². The number of carbonyl (C=O) groups excluding carboxylic acids is 1. The summed E-state index contributed by atoms with van der Waals surface area (Å²) >= 11 is 3.38. The summed E-state index contributed by atoms with van der Waals surface area (Å²) in [5.41, 5.74) is 2.72. The lowest BCUT2D eigenvalue weighted by Crippen LogP contribution is -2.17. The van der Waals surface area contributed by atoms with Crippen LogP contribution in [0.4, 0.5) is 5.69 Å². The molecule has 1 N–H and O–H groups in total. The summed E-state index contributed by atoms with van der Waals surface area (Å²) in [5.74, 6) is 0.414. The Balaban J connectivity index is 1.52. The molecule has 4 aromatic rings. The number of aromatic nitrogens is 2. The van der Waals surface area contributed by atoms with Gasteiger partial charge in [-0.1, -0.05) is 12.1 Å². The third-order valence-corrected chi connectivity index (χ3v) is 5.48. The first-order valence-electron chi connectivity index (χ1n) is 9.66. The van der Waals surface area contributed by atoms with Crippen molar-refractivity contribution < 1.29 is 13.9 Å². The maximum absolute atomic E-state index is 12.6. The molecule has 0 aliphatic rings. The number of nitrogens with zero attached hydrogens (tertiary/aromatic N) is 2. The maximum atomic E-state index is 12.6. The Hall–Kier alpha value is -3.39. The van der Waals surface area contributed by atoms with E-state index in [1.54, 1.807) is 24.1 Å². The molecule has 0 saturated carbocycles. The molecule has 0 saturated heterocycles. The first-order valence-corrected chi connectivity index (χ1v) is 10.5.